The van der Waals surface area contributed by atoms with Crippen molar-refractivity contribution in [3.8, 4) is 0 Å². The number of rotatable bonds is 7. The third kappa shape index (κ3) is 6.03. The van der Waals surface area contributed by atoms with Crippen molar-refractivity contribution in [1.29, 1.82) is 0 Å². The molecule has 2 N–H and O–H groups in total. The minimum absolute atomic E-state index is 0.000236. The van der Waals surface area contributed by atoms with Crippen LogP contribution in [0.5, 0.6) is 0 Å². The lowest BCUT2D eigenvalue weighted by Gasteiger charge is -2.07. The molecule has 0 aliphatic carbocycles. The quantitative estimate of drug-likeness (QED) is 0.444. The number of anilines is 1. The van der Waals surface area contributed by atoms with Gasteiger partial charge in [0.2, 0.25) is 11.8 Å². The molecule has 0 aromatic heterocycles. The molecular weight excluding hydrogens is 348 g/mol. The van der Waals surface area contributed by atoms with Crippen LogP contribution in [-0.4, -0.2) is 23.0 Å². The van der Waals surface area contributed by atoms with Crippen molar-refractivity contribution < 1.29 is 14.5 Å². The first-order valence-electron chi connectivity index (χ1n) is 8.29. The molecule has 0 unspecified atom stereocenters. The molecule has 2 aromatic carbocycles. The Morgan fingerprint density at radius 1 is 1.07 bits per heavy atom. The fourth-order valence-corrected chi connectivity index (χ4v) is 2.26. The van der Waals surface area contributed by atoms with Crippen LogP contribution in [0.3, 0.4) is 0 Å². The third-order valence-electron chi connectivity index (χ3n) is 3.90. The van der Waals surface area contributed by atoms with Crippen LogP contribution in [-0.2, 0) is 9.59 Å². The van der Waals surface area contributed by atoms with Crippen LogP contribution in [0.2, 0.25) is 0 Å². The van der Waals surface area contributed by atoms with Gasteiger partial charge in [0, 0.05) is 24.6 Å². The van der Waals surface area contributed by atoms with E-state index in [1.807, 2.05) is 26.0 Å². The molecule has 0 atom stereocenters. The number of benzene rings is 2. The molecule has 0 saturated carbocycles. The van der Waals surface area contributed by atoms with Crippen LogP contribution in [0.1, 0.15) is 29.5 Å². The molecule has 8 nitrogen and oxygen atoms in total. The molecule has 2 amide bonds. The monoisotopic (exact) mass is 368 g/mol. The van der Waals surface area contributed by atoms with Gasteiger partial charge in [0.25, 0.3) is 5.69 Å². The molecule has 0 heterocycles. The van der Waals surface area contributed by atoms with Crippen molar-refractivity contribution in [2.45, 2.75) is 26.7 Å². The molecule has 2 rings (SSSR count). The number of carbonyl (C=O) groups is 2. The summed E-state index contributed by atoms with van der Waals surface area (Å²) < 4.78 is 0. The van der Waals surface area contributed by atoms with Crippen LogP contribution in [0.25, 0.3) is 0 Å². The van der Waals surface area contributed by atoms with E-state index >= 15 is 0 Å². The zero-order valence-corrected chi connectivity index (χ0v) is 15.1. The zero-order chi connectivity index (χ0) is 19.8. The predicted octanol–water partition coefficient (Wildman–Crippen LogP) is 3.08. The highest BCUT2D eigenvalue weighted by molar-refractivity contribution is 5.93. The summed E-state index contributed by atoms with van der Waals surface area (Å²) in [5.41, 5.74) is 5.30. The van der Waals surface area contributed by atoms with Crippen LogP contribution in [0.15, 0.2) is 47.6 Å². The maximum atomic E-state index is 11.9. The average Bonchev–Trinajstić information content (AvgIpc) is 2.63. The summed E-state index contributed by atoms with van der Waals surface area (Å²) in [5, 5.41) is 17.3. The van der Waals surface area contributed by atoms with Gasteiger partial charge in [0.1, 0.15) is 0 Å². The van der Waals surface area contributed by atoms with Gasteiger partial charge in [-0.25, -0.2) is 5.43 Å². The second-order valence-corrected chi connectivity index (χ2v) is 5.96. The SMILES string of the molecule is Cc1ccc(NC(=O)CCC(=O)N/N=C/c2ccccc2[N+](=O)[O-])cc1C. The van der Waals surface area contributed by atoms with E-state index < -0.39 is 10.8 Å². The van der Waals surface area contributed by atoms with Crippen molar-refractivity contribution in [1.82, 2.24) is 5.43 Å². The number of nitrogens with one attached hydrogen (secondary N) is 2. The molecule has 27 heavy (non-hydrogen) atoms. The summed E-state index contributed by atoms with van der Waals surface area (Å²) in [5.74, 6) is -0.740. The molecule has 0 aliphatic rings. The van der Waals surface area contributed by atoms with E-state index in [4.69, 9.17) is 0 Å². The fraction of sp³-hybridized carbons (Fsp3) is 0.211. The number of nitrogens with zero attached hydrogens (tertiary/aromatic N) is 2. The van der Waals surface area contributed by atoms with Crippen molar-refractivity contribution >= 4 is 29.4 Å². The lowest BCUT2D eigenvalue weighted by molar-refractivity contribution is -0.385. The summed E-state index contributed by atoms with van der Waals surface area (Å²) in [6, 6.07) is 11.6. The van der Waals surface area contributed by atoms with Crippen molar-refractivity contribution in [2.24, 2.45) is 5.10 Å². The average molecular weight is 368 g/mol. The van der Waals surface area contributed by atoms with Gasteiger partial charge in [-0.15, -0.1) is 0 Å². The first-order valence-corrected chi connectivity index (χ1v) is 8.29. The molecule has 0 saturated heterocycles. The Morgan fingerprint density at radius 2 is 1.78 bits per heavy atom. The van der Waals surface area contributed by atoms with Crippen molar-refractivity contribution in [2.75, 3.05) is 5.32 Å². The van der Waals surface area contributed by atoms with Gasteiger partial charge in [-0.3, -0.25) is 19.7 Å². The lowest BCUT2D eigenvalue weighted by atomic mass is 10.1. The van der Waals surface area contributed by atoms with E-state index in [0.29, 0.717) is 5.69 Å². The molecule has 0 spiro atoms. The first-order chi connectivity index (χ1) is 12.9. The first kappa shape index (κ1) is 19.8. The maximum Gasteiger partial charge on any atom is 0.278 e. The van der Waals surface area contributed by atoms with E-state index in [1.54, 1.807) is 18.2 Å². The van der Waals surface area contributed by atoms with Gasteiger partial charge in [-0.05, 0) is 43.2 Å². The number of carbonyl (C=O) groups excluding carboxylic acids is 2. The second kappa shape index (κ2) is 9.23. The Balaban J connectivity index is 1.81. The van der Waals surface area contributed by atoms with E-state index in [0.717, 1.165) is 11.1 Å². The van der Waals surface area contributed by atoms with Crippen molar-refractivity contribution in [3.05, 3.63) is 69.3 Å². The summed E-state index contributed by atoms with van der Waals surface area (Å²) in [6.07, 6.45) is 1.15. The number of amides is 2. The highest BCUT2D eigenvalue weighted by Gasteiger charge is 2.10. The van der Waals surface area contributed by atoms with Crippen LogP contribution >= 0.6 is 0 Å². The summed E-state index contributed by atoms with van der Waals surface area (Å²) >= 11 is 0. The minimum Gasteiger partial charge on any atom is -0.326 e. The molecule has 2 aromatic rings. The molecule has 140 valence electrons. The number of nitro benzene ring substituents is 1. The smallest absolute Gasteiger partial charge is 0.278 e. The number of hydrogen-bond donors (Lipinski definition) is 2. The Labute approximate surface area is 156 Å². The molecule has 8 heteroatoms. The zero-order valence-electron chi connectivity index (χ0n) is 15.1. The third-order valence-corrected chi connectivity index (χ3v) is 3.90. The van der Waals surface area contributed by atoms with Crippen LogP contribution in [0.4, 0.5) is 11.4 Å². The molecule has 0 fully saturated rings. The fourth-order valence-electron chi connectivity index (χ4n) is 2.26. The summed E-state index contributed by atoms with van der Waals surface area (Å²) in [7, 11) is 0. The number of hydrazone groups is 1. The molecular formula is C19H20N4O4. The van der Waals surface area contributed by atoms with E-state index in [1.165, 1.54) is 18.3 Å². The normalized spacial score (nSPS) is 10.6. The van der Waals surface area contributed by atoms with Crippen molar-refractivity contribution in [3.63, 3.8) is 0 Å². The van der Waals surface area contributed by atoms with Gasteiger partial charge in [-0.2, -0.15) is 5.10 Å². The standard InChI is InChI=1S/C19H20N4O4/c1-13-7-8-16(11-14(13)2)21-18(24)9-10-19(25)22-20-12-15-5-3-4-6-17(15)23(26)27/h3-8,11-12H,9-10H2,1-2H3,(H,21,24)(H,22,25)/b20-12+. The number of hydrogen-bond acceptors (Lipinski definition) is 5. The van der Waals surface area contributed by atoms with Gasteiger partial charge in [-0.1, -0.05) is 18.2 Å². The lowest BCUT2D eigenvalue weighted by Crippen LogP contribution is -2.20. The number of aryl methyl sites for hydroxylation is 2. The predicted molar refractivity (Wildman–Crippen MR) is 103 cm³/mol. The largest absolute Gasteiger partial charge is 0.326 e. The molecule has 0 aliphatic heterocycles. The van der Waals surface area contributed by atoms with Gasteiger partial charge >= 0.3 is 0 Å². The van der Waals surface area contributed by atoms with E-state index in [9.17, 15) is 19.7 Å². The molecule has 0 bridgehead atoms. The Kier molecular flexibility index (Phi) is 6.76. The topological polar surface area (TPSA) is 114 Å². The highest BCUT2D eigenvalue weighted by atomic mass is 16.6. The van der Waals surface area contributed by atoms with E-state index in [-0.39, 0.29) is 30.0 Å². The second-order valence-electron chi connectivity index (χ2n) is 5.96. The Bertz CT molecular complexity index is 893. The Morgan fingerprint density at radius 3 is 2.48 bits per heavy atom. The van der Waals surface area contributed by atoms with Crippen LogP contribution in [0, 0.1) is 24.0 Å². The van der Waals surface area contributed by atoms with Gasteiger partial charge in [0.15, 0.2) is 0 Å². The van der Waals surface area contributed by atoms with Gasteiger partial charge in [0.05, 0.1) is 16.7 Å². The Hall–Kier alpha value is -3.55. The van der Waals surface area contributed by atoms with E-state index in [2.05, 4.69) is 15.8 Å². The highest BCUT2D eigenvalue weighted by Crippen LogP contribution is 2.15. The molecule has 0 radical (unpaired) electrons. The summed E-state index contributed by atoms with van der Waals surface area (Å²) in [6.45, 7) is 3.93. The van der Waals surface area contributed by atoms with Crippen LogP contribution < -0.4 is 10.7 Å². The summed E-state index contributed by atoms with van der Waals surface area (Å²) in [4.78, 5) is 34.1. The van der Waals surface area contributed by atoms with Gasteiger partial charge < -0.3 is 5.32 Å². The number of para-hydroxylation sites is 1. The number of nitro groups is 1. The minimum atomic E-state index is -0.527. The maximum absolute atomic E-state index is 11.9.